The summed E-state index contributed by atoms with van der Waals surface area (Å²) in [5.41, 5.74) is 0.851. The molecule has 0 atom stereocenters. The first-order valence-corrected chi connectivity index (χ1v) is 6.00. The molecule has 1 aromatic heterocycles. The van der Waals surface area contributed by atoms with Crippen LogP contribution in [-0.4, -0.2) is 42.1 Å². The number of amides is 2. The maximum Gasteiger partial charge on any atom is 0.409 e. The van der Waals surface area contributed by atoms with Crippen LogP contribution in [0.2, 0.25) is 0 Å². The summed E-state index contributed by atoms with van der Waals surface area (Å²) in [5, 5.41) is 4.98. The van der Waals surface area contributed by atoms with Gasteiger partial charge in [0.2, 0.25) is 5.91 Å². The molecule has 1 N–H and O–H groups in total. The molecule has 0 aromatic carbocycles. The molecule has 1 rings (SSSR count). The van der Waals surface area contributed by atoms with Gasteiger partial charge in [0.1, 0.15) is 6.54 Å². The Bertz CT molecular complexity index is 405. The Morgan fingerprint density at radius 3 is 2.82 bits per heavy atom. The van der Waals surface area contributed by atoms with Crippen LogP contribution in [0.4, 0.5) is 9.93 Å². The van der Waals surface area contributed by atoms with E-state index in [1.54, 1.807) is 6.92 Å². The summed E-state index contributed by atoms with van der Waals surface area (Å²) >= 11 is 1.35. The second-order valence-corrected chi connectivity index (χ2v) is 4.26. The van der Waals surface area contributed by atoms with Crippen molar-refractivity contribution in [1.82, 2.24) is 9.88 Å². The Labute approximate surface area is 104 Å². The summed E-state index contributed by atoms with van der Waals surface area (Å²) in [5.74, 6) is -0.296. The standard InChI is InChI=1S/C10H15N3O3S/c1-4-16-10(15)13(3)5-8(14)12-9-11-7(2)6-17-9/h6H,4-5H2,1-3H3,(H,11,12,14). The molecule has 0 saturated carbocycles. The lowest BCUT2D eigenvalue weighted by atomic mass is 10.5. The van der Waals surface area contributed by atoms with Crippen LogP contribution in [0.3, 0.4) is 0 Å². The Kier molecular flexibility index (Phi) is 4.89. The number of carbonyl (C=O) groups excluding carboxylic acids is 2. The fourth-order valence-electron chi connectivity index (χ4n) is 1.08. The number of nitrogens with zero attached hydrogens (tertiary/aromatic N) is 2. The van der Waals surface area contributed by atoms with Gasteiger partial charge in [-0.15, -0.1) is 11.3 Å². The lowest BCUT2D eigenvalue weighted by molar-refractivity contribution is -0.116. The number of aryl methyl sites for hydroxylation is 1. The number of anilines is 1. The third kappa shape index (κ3) is 4.39. The maximum atomic E-state index is 11.5. The molecule has 94 valence electrons. The Morgan fingerprint density at radius 2 is 2.29 bits per heavy atom. The molecule has 0 fully saturated rings. The molecule has 7 heteroatoms. The average Bonchev–Trinajstić information content (AvgIpc) is 2.64. The molecule has 1 heterocycles. The molecular formula is C10H15N3O3S. The number of carbonyl (C=O) groups is 2. The SMILES string of the molecule is CCOC(=O)N(C)CC(=O)Nc1nc(C)cs1. The zero-order valence-electron chi connectivity index (χ0n) is 10.0. The van der Waals surface area contributed by atoms with Crippen LogP contribution in [-0.2, 0) is 9.53 Å². The first-order valence-electron chi connectivity index (χ1n) is 5.12. The third-order valence-corrected chi connectivity index (χ3v) is 2.70. The molecule has 2 amide bonds. The van der Waals surface area contributed by atoms with Crippen molar-refractivity contribution < 1.29 is 14.3 Å². The predicted octanol–water partition coefficient (Wildman–Crippen LogP) is 1.48. The summed E-state index contributed by atoms with van der Waals surface area (Å²) in [6, 6.07) is 0. The molecular weight excluding hydrogens is 242 g/mol. The van der Waals surface area contributed by atoms with Crippen LogP contribution in [0.5, 0.6) is 0 Å². The van der Waals surface area contributed by atoms with Crippen molar-refractivity contribution in [3.63, 3.8) is 0 Å². The molecule has 0 bridgehead atoms. The van der Waals surface area contributed by atoms with Crippen LogP contribution in [0.15, 0.2) is 5.38 Å². The van der Waals surface area contributed by atoms with Crippen molar-refractivity contribution in [2.24, 2.45) is 0 Å². The number of ether oxygens (including phenoxy) is 1. The van der Waals surface area contributed by atoms with E-state index in [0.29, 0.717) is 5.13 Å². The van der Waals surface area contributed by atoms with E-state index in [4.69, 9.17) is 4.74 Å². The van der Waals surface area contributed by atoms with E-state index in [-0.39, 0.29) is 19.1 Å². The van der Waals surface area contributed by atoms with E-state index >= 15 is 0 Å². The largest absolute Gasteiger partial charge is 0.450 e. The van der Waals surface area contributed by atoms with E-state index in [1.165, 1.54) is 23.3 Å². The van der Waals surface area contributed by atoms with Gasteiger partial charge in [-0.1, -0.05) is 0 Å². The fraction of sp³-hybridized carbons (Fsp3) is 0.500. The number of likely N-dealkylation sites (N-methyl/N-ethyl adjacent to an activating group) is 1. The molecule has 0 saturated heterocycles. The zero-order chi connectivity index (χ0) is 12.8. The number of nitrogens with one attached hydrogen (secondary N) is 1. The van der Waals surface area contributed by atoms with Gasteiger partial charge in [-0.05, 0) is 13.8 Å². The van der Waals surface area contributed by atoms with Gasteiger partial charge in [-0.3, -0.25) is 4.79 Å². The van der Waals surface area contributed by atoms with Crippen LogP contribution in [0, 0.1) is 6.92 Å². The number of hydrogen-bond acceptors (Lipinski definition) is 5. The highest BCUT2D eigenvalue weighted by Crippen LogP contribution is 2.13. The van der Waals surface area contributed by atoms with E-state index in [9.17, 15) is 9.59 Å². The monoisotopic (exact) mass is 257 g/mol. The fourth-order valence-corrected chi connectivity index (χ4v) is 1.79. The lowest BCUT2D eigenvalue weighted by Crippen LogP contribution is -2.35. The van der Waals surface area contributed by atoms with E-state index in [1.807, 2.05) is 12.3 Å². The minimum absolute atomic E-state index is 0.0581. The van der Waals surface area contributed by atoms with Gasteiger partial charge >= 0.3 is 6.09 Å². The first kappa shape index (κ1) is 13.4. The van der Waals surface area contributed by atoms with Gasteiger partial charge in [0.25, 0.3) is 0 Å². The average molecular weight is 257 g/mol. The highest BCUT2D eigenvalue weighted by Gasteiger charge is 2.14. The van der Waals surface area contributed by atoms with Gasteiger partial charge < -0.3 is 15.0 Å². The molecule has 17 heavy (non-hydrogen) atoms. The maximum absolute atomic E-state index is 11.5. The van der Waals surface area contributed by atoms with Crippen molar-refractivity contribution in [3.8, 4) is 0 Å². The van der Waals surface area contributed by atoms with Crippen LogP contribution in [0.25, 0.3) is 0 Å². The number of rotatable bonds is 4. The Balaban J connectivity index is 2.41. The summed E-state index contributed by atoms with van der Waals surface area (Å²) in [7, 11) is 1.50. The van der Waals surface area contributed by atoms with Gasteiger partial charge in [0.15, 0.2) is 5.13 Å². The predicted molar refractivity (Wildman–Crippen MR) is 65.1 cm³/mol. The first-order chi connectivity index (χ1) is 8.02. The van der Waals surface area contributed by atoms with Crippen LogP contribution in [0.1, 0.15) is 12.6 Å². The zero-order valence-corrected chi connectivity index (χ0v) is 10.8. The minimum Gasteiger partial charge on any atom is -0.450 e. The normalized spacial score (nSPS) is 9.82. The van der Waals surface area contributed by atoms with Crippen molar-refractivity contribution in [2.75, 3.05) is 25.5 Å². The molecule has 1 aromatic rings. The molecule has 0 unspecified atom stereocenters. The summed E-state index contributed by atoms with van der Waals surface area (Å²) in [6.07, 6.45) is -0.516. The highest BCUT2D eigenvalue weighted by atomic mass is 32.1. The molecule has 0 aliphatic heterocycles. The second kappa shape index (κ2) is 6.19. The van der Waals surface area contributed by atoms with Crippen molar-refractivity contribution in [1.29, 1.82) is 0 Å². The Morgan fingerprint density at radius 1 is 1.59 bits per heavy atom. The molecule has 0 spiro atoms. The summed E-state index contributed by atoms with van der Waals surface area (Å²) in [4.78, 5) is 28.1. The third-order valence-electron chi connectivity index (χ3n) is 1.83. The van der Waals surface area contributed by atoms with Crippen molar-refractivity contribution >= 4 is 28.5 Å². The van der Waals surface area contributed by atoms with E-state index < -0.39 is 6.09 Å². The van der Waals surface area contributed by atoms with Gasteiger partial charge in [0.05, 0.1) is 12.3 Å². The molecule has 0 aliphatic carbocycles. The lowest BCUT2D eigenvalue weighted by Gasteiger charge is -2.15. The smallest absolute Gasteiger partial charge is 0.409 e. The van der Waals surface area contributed by atoms with Gasteiger partial charge in [0, 0.05) is 12.4 Å². The van der Waals surface area contributed by atoms with E-state index in [2.05, 4.69) is 10.3 Å². The quantitative estimate of drug-likeness (QED) is 0.886. The van der Waals surface area contributed by atoms with Gasteiger partial charge in [-0.2, -0.15) is 0 Å². The number of hydrogen-bond donors (Lipinski definition) is 1. The second-order valence-electron chi connectivity index (χ2n) is 3.40. The molecule has 6 nitrogen and oxygen atoms in total. The minimum atomic E-state index is -0.516. The number of thiazole rings is 1. The molecule has 0 radical (unpaired) electrons. The Hall–Kier alpha value is -1.63. The summed E-state index contributed by atoms with van der Waals surface area (Å²) in [6.45, 7) is 3.79. The summed E-state index contributed by atoms with van der Waals surface area (Å²) < 4.78 is 4.75. The van der Waals surface area contributed by atoms with Crippen LogP contribution >= 0.6 is 11.3 Å². The van der Waals surface area contributed by atoms with Crippen LogP contribution < -0.4 is 5.32 Å². The van der Waals surface area contributed by atoms with Crippen molar-refractivity contribution in [2.45, 2.75) is 13.8 Å². The van der Waals surface area contributed by atoms with E-state index in [0.717, 1.165) is 5.69 Å². The topological polar surface area (TPSA) is 71.5 Å². The molecule has 0 aliphatic rings. The van der Waals surface area contributed by atoms with Gasteiger partial charge in [-0.25, -0.2) is 9.78 Å². The highest BCUT2D eigenvalue weighted by molar-refractivity contribution is 7.13. The number of aromatic nitrogens is 1. The van der Waals surface area contributed by atoms with Crippen molar-refractivity contribution in [3.05, 3.63) is 11.1 Å².